The van der Waals surface area contributed by atoms with Gasteiger partial charge < -0.3 is 0 Å². The summed E-state index contributed by atoms with van der Waals surface area (Å²) in [5, 5.41) is 10.2. The van der Waals surface area contributed by atoms with Crippen LogP contribution in [0, 0.1) is 0 Å². The van der Waals surface area contributed by atoms with Gasteiger partial charge in [0.1, 0.15) is 0 Å². The molecule has 23 heavy (non-hydrogen) atoms. The molecule has 0 fully saturated rings. The predicted octanol–water partition coefficient (Wildman–Crippen LogP) is 6.67. The van der Waals surface area contributed by atoms with Crippen LogP contribution in [0.5, 0.6) is 0 Å². The first-order valence-electron chi connectivity index (χ1n) is 9.84. The molecule has 1 atom stereocenters. The average molecular weight is 425 g/mol. The van der Waals surface area contributed by atoms with Crippen molar-refractivity contribution in [2.24, 2.45) is 0 Å². The zero-order chi connectivity index (χ0) is 17.1. The fraction of sp³-hybridized carbons (Fsp3) is 0.714. The van der Waals surface area contributed by atoms with Crippen molar-refractivity contribution in [2.45, 2.75) is 90.1 Å². The van der Waals surface area contributed by atoms with Crippen LogP contribution >= 0.6 is 0 Å². The zero-order valence-corrected chi connectivity index (χ0v) is 18.8. The number of rotatable bonds is 12. The molecule has 0 aliphatic heterocycles. The molecule has 132 valence electrons. The summed E-state index contributed by atoms with van der Waals surface area (Å²) in [7, 11) is 0. The Labute approximate surface area is 148 Å². The predicted molar refractivity (Wildman–Crippen MR) is 106 cm³/mol. The molecule has 1 aromatic rings. The van der Waals surface area contributed by atoms with Crippen molar-refractivity contribution in [3.05, 3.63) is 35.4 Å². The van der Waals surface area contributed by atoms with E-state index >= 15 is 0 Å². The standard InChI is InChI=1S/C9H11O.3C4H9.Sn/c1-7-5-3-4-6-9(7)8(2)10;3*1-3-4-2;/h3-6,8,10H,1H2,2H3;3*1,3-4H2,2H3;. The Bertz CT molecular complexity index is 406. The van der Waals surface area contributed by atoms with Crippen LogP contribution < -0.4 is 0 Å². The second-order valence-electron chi connectivity index (χ2n) is 7.36. The number of hydrogen-bond donors (Lipinski definition) is 1. The number of benzene rings is 1. The van der Waals surface area contributed by atoms with Crippen molar-refractivity contribution in [1.29, 1.82) is 0 Å². The minimum atomic E-state index is -2.16. The van der Waals surface area contributed by atoms with Gasteiger partial charge in [-0.1, -0.05) is 0 Å². The summed E-state index contributed by atoms with van der Waals surface area (Å²) in [6.45, 7) is 8.92. The molecule has 1 rings (SSSR count). The van der Waals surface area contributed by atoms with Crippen LogP contribution in [0.3, 0.4) is 0 Å². The summed E-state index contributed by atoms with van der Waals surface area (Å²) in [6, 6.07) is 8.66. The van der Waals surface area contributed by atoms with E-state index in [-0.39, 0.29) is 6.10 Å². The van der Waals surface area contributed by atoms with E-state index in [1.165, 1.54) is 54.1 Å². The molecule has 0 aliphatic rings. The Balaban J connectivity index is 3.05. The first-order chi connectivity index (χ1) is 11.1. The van der Waals surface area contributed by atoms with Gasteiger partial charge in [0.25, 0.3) is 0 Å². The van der Waals surface area contributed by atoms with Crippen LogP contribution in [0.15, 0.2) is 24.3 Å². The fourth-order valence-electron chi connectivity index (χ4n) is 3.80. The van der Waals surface area contributed by atoms with Crippen LogP contribution in [-0.2, 0) is 4.44 Å². The van der Waals surface area contributed by atoms with Gasteiger partial charge >= 0.3 is 149 Å². The normalized spacial score (nSPS) is 13.3. The first-order valence-corrected chi connectivity index (χ1v) is 17.9. The van der Waals surface area contributed by atoms with E-state index in [0.29, 0.717) is 0 Å². The third-order valence-corrected chi connectivity index (χ3v) is 20.6. The first kappa shape index (κ1) is 21.0. The van der Waals surface area contributed by atoms with Gasteiger partial charge in [0.2, 0.25) is 0 Å². The van der Waals surface area contributed by atoms with E-state index in [0.717, 1.165) is 0 Å². The van der Waals surface area contributed by atoms with Gasteiger partial charge in [0.15, 0.2) is 0 Å². The van der Waals surface area contributed by atoms with Crippen molar-refractivity contribution >= 4 is 18.4 Å². The van der Waals surface area contributed by atoms with E-state index in [4.69, 9.17) is 0 Å². The molecule has 0 saturated heterocycles. The van der Waals surface area contributed by atoms with Gasteiger partial charge in [-0.2, -0.15) is 0 Å². The van der Waals surface area contributed by atoms with Gasteiger partial charge in [0, 0.05) is 0 Å². The third-order valence-electron chi connectivity index (χ3n) is 5.25. The SMILES string of the molecule is CCC[CH2][Sn]([CH2]CCC)([CH2]CCC)[CH2]c1ccccc1C(C)O. The van der Waals surface area contributed by atoms with Crippen LogP contribution in [-0.4, -0.2) is 23.5 Å². The number of aliphatic hydroxyl groups excluding tert-OH is 1. The summed E-state index contributed by atoms with van der Waals surface area (Å²) in [5.41, 5.74) is 2.64. The molecular formula is C21H38OSn. The maximum absolute atomic E-state index is 10.2. The minimum absolute atomic E-state index is 0.335. The van der Waals surface area contributed by atoms with Crippen LogP contribution in [0.1, 0.15) is 83.5 Å². The zero-order valence-electron chi connectivity index (χ0n) is 15.9. The monoisotopic (exact) mass is 426 g/mol. The van der Waals surface area contributed by atoms with Crippen LogP contribution in [0.25, 0.3) is 0 Å². The summed E-state index contributed by atoms with van der Waals surface area (Å²) < 4.78 is 5.97. The van der Waals surface area contributed by atoms with E-state index in [1.54, 1.807) is 13.3 Å². The summed E-state index contributed by atoms with van der Waals surface area (Å²) >= 11 is -2.16. The molecule has 0 bridgehead atoms. The number of unbranched alkanes of at least 4 members (excludes halogenated alkanes) is 3. The van der Waals surface area contributed by atoms with Crippen molar-refractivity contribution in [2.75, 3.05) is 0 Å². The van der Waals surface area contributed by atoms with Crippen molar-refractivity contribution in [1.82, 2.24) is 0 Å². The third kappa shape index (κ3) is 7.17. The molecule has 2 heteroatoms. The van der Waals surface area contributed by atoms with Crippen molar-refractivity contribution < 1.29 is 5.11 Å². The molecule has 1 aromatic carbocycles. The van der Waals surface area contributed by atoms with Gasteiger partial charge in [-0.25, -0.2) is 0 Å². The van der Waals surface area contributed by atoms with Crippen molar-refractivity contribution in [3.8, 4) is 0 Å². The molecule has 1 unspecified atom stereocenters. The van der Waals surface area contributed by atoms with Gasteiger partial charge in [-0.3, -0.25) is 0 Å². The Morgan fingerprint density at radius 3 is 1.78 bits per heavy atom. The summed E-state index contributed by atoms with van der Waals surface area (Å²) in [6.07, 6.45) is 7.90. The molecule has 0 aromatic heterocycles. The Morgan fingerprint density at radius 2 is 1.35 bits per heavy atom. The topological polar surface area (TPSA) is 20.2 Å². The van der Waals surface area contributed by atoms with E-state index < -0.39 is 18.4 Å². The maximum atomic E-state index is 10.2. The Morgan fingerprint density at radius 1 is 0.870 bits per heavy atom. The van der Waals surface area contributed by atoms with E-state index in [2.05, 4.69) is 45.0 Å². The van der Waals surface area contributed by atoms with Gasteiger partial charge in [0.05, 0.1) is 0 Å². The summed E-state index contributed by atoms with van der Waals surface area (Å²) in [5.74, 6) is 0. The molecule has 0 spiro atoms. The molecule has 0 radical (unpaired) electrons. The fourth-order valence-corrected chi connectivity index (χ4v) is 20.1. The van der Waals surface area contributed by atoms with Gasteiger partial charge in [-0.05, 0) is 0 Å². The second kappa shape index (κ2) is 11.5. The van der Waals surface area contributed by atoms with Crippen LogP contribution in [0.4, 0.5) is 0 Å². The van der Waals surface area contributed by atoms with Crippen molar-refractivity contribution in [3.63, 3.8) is 0 Å². The molecule has 0 amide bonds. The number of hydrogen-bond acceptors (Lipinski definition) is 1. The molecule has 0 saturated carbocycles. The quantitative estimate of drug-likeness (QED) is 0.371. The average Bonchev–Trinajstić information content (AvgIpc) is 2.56. The second-order valence-corrected chi connectivity index (χ2v) is 21.2. The Kier molecular flexibility index (Phi) is 10.5. The number of aliphatic hydroxyl groups is 1. The molecule has 1 nitrogen and oxygen atoms in total. The summed E-state index contributed by atoms with van der Waals surface area (Å²) in [4.78, 5) is 0. The van der Waals surface area contributed by atoms with Crippen LogP contribution in [0.2, 0.25) is 13.3 Å². The Hall–Kier alpha value is -0.0213. The molecule has 0 heterocycles. The molecular weight excluding hydrogens is 387 g/mol. The van der Waals surface area contributed by atoms with Gasteiger partial charge in [-0.15, -0.1) is 0 Å². The molecule has 0 aliphatic carbocycles. The van der Waals surface area contributed by atoms with E-state index in [9.17, 15) is 5.11 Å². The molecule has 1 N–H and O–H groups in total. The van der Waals surface area contributed by atoms with E-state index in [1.807, 2.05) is 6.92 Å².